The number of aryl methyl sites for hydroxylation is 1. The standard InChI is InChI=1S/C51H63N9O7/c1-31(2)32(3)44(62)27-33(15-12-23-55-51(54)67)45(63)28-34(49(52)65)13-10-11-24-60-48-41-18-7-9-20-43(41)59(30-35-14-4-5-17-40(35)47(48)57-58-60)46(64)22-21-38(61)26-36(50(53)66)25-37-29-56-42-19-8-6-16-39(37)42/h4-9,14,16-20,29,31-34,36,56H,10-13,15,21-28,30H2,1-3H3,(H2,52,65)(H2,53,66)(H3,54,55,67). The Morgan fingerprint density at radius 1 is 0.731 bits per heavy atom. The Kier molecular flexibility index (Phi) is 17.0. The summed E-state index contributed by atoms with van der Waals surface area (Å²) in [5.41, 5.74) is 23.0. The Balaban J connectivity index is 1.14. The summed E-state index contributed by atoms with van der Waals surface area (Å²) in [7, 11) is 0. The van der Waals surface area contributed by atoms with Gasteiger partial charge in [-0.25, -0.2) is 9.48 Å². The second-order valence-electron chi connectivity index (χ2n) is 18.2. The normalized spacial score (nSPS) is 13.9. The maximum atomic E-state index is 14.3. The van der Waals surface area contributed by atoms with Gasteiger partial charge in [-0.15, -0.1) is 5.10 Å². The number of para-hydroxylation sites is 2. The minimum absolute atomic E-state index is 0.0232. The second-order valence-corrected chi connectivity index (χ2v) is 18.2. The number of nitrogens with one attached hydrogen (secondary N) is 2. The molecule has 2 aromatic heterocycles. The third-order valence-electron chi connectivity index (χ3n) is 13.2. The van der Waals surface area contributed by atoms with E-state index in [2.05, 4.69) is 20.6 Å². The van der Waals surface area contributed by atoms with Crippen molar-refractivity contribution in [1.29, 1.82) is 0 Å². The first-order valence-corrected chi connectivity index (χ1v) is 23.3. The Hall–Kier alpha value is -6.97. The number of rotatable bonds is 25. The summed E-state index contributed by atoms with van der Waals surface area (Å²) in [6.07, 6.45) is 4.08. The molecule has 0 saturated heterocycles. The van der Waals surface area contributed by atoms with Crippen molar-refractivity contribution in [3.05, 3.63) is 90.1 Å². The number of nitrogens with zero attached hydrogens (tertiary/aromatic N) is 4. The maximum absolute atomic E-state index is 14.3. The monoisotopic (exact) mass is 913 g/mol. The predicted octanol–water partition coefficient (Wildman–Crippen LogP) is 6.57. The van der Waals surface area contributed by atoms with E-state index < -0.39 is 35.6 Å². The van der Waals surface area contributed by atoms with Crippen LogP contribution in [0.2, 0.25) is 0 Å². The molecule has 1 aliphatic rings. The highest BCUT2D eigenvalue weighted by molar-refractivity contribution is 6.01. The number of aromatic amines is 1. The van der Waals surface area contributed by atoms with Crippen LogP contribution in [0.15, 0.2) is 79.0 Å². The van der Waals surface area contributed by atoms with Crippen LogP contribution in [0.4, 0.5) is 10.5 Å². The molecule has 8 N–H and O–H groups in total. The average Bonchev–Trinajstić information content (AvgIpc) is 3.91. The van der Waals surface area contributed by atoms with Crippen LogP contribution >= 0.6 is 0 Å². The third-order valence-corrected chi connectivity index (χ3v) is 13.2. The first-order valence-electron chi connectivity index (χ1n) is 23.3. The van der Waals surface area contributed by atoms with Crippen LogP contribution in [0.25, 0.3) is 33.4 Å². The van der Waals surface area contributed by atoms with Crippen molar-refractivity contribution in [2.45, 2.75) is 104 Å². The van der Waals surface area contributed by atoms with Crippen LogP contribution in [0.3, 0.4) is 0 Å². The zero-order valence-corrected chi connectivity index (χ0v) is 38.7. The number of benzene rings is 3. The molecule has 4 atom stereocenters. The van der Waals surface area contributed by atoms with Gasteiger partial charge in [-0.05, 0) is 61.3 Å². The SMILES string of the molecule is CC(C)C(C)C(=O)CC(CCCNC(N)=O)C(=O)CC(CCCCn1nnc2c1-c1ccccc1N(C(=O)CCC(=O)CC(Cc1c[nH]c3ccccc13)C(N)=O)Cc1ccccc1-2)C(N)=O. The highest BCUT2D eigenvalue weighted by atomic mass is 16.2. The Morgan fingerprint density at radius 2 is 1.40 bits per heavy atom. The van der Waals surface area contributed by atoms with E-state index in [-0.39, 0.29) is 80.3 Å². The zero-order valence-electron chi connectivity index (χ0n) is 38.7. The van der Waals surface area contributed by atoms with Gasteiger partial charge in [-0.3, -0.25) is 28.8 Å². The lowest BCUT2D eigenvalue weighted by atomic mass is 9.82. The molecule has 0 radical (unpaired) electrons. The number of Topliss-reactive ketones (excluding diaryl/α,β-unsaturated/α-hetero) is 3. The van der Waals surface area contributed by atoms with Crippen molar-refractivity contribution in [2.24, 2.45) is 46.8 Å². The summed E-state index contributed by atoms with van der Waals surface area (Å²) in [5.74, 6) is -4.11. The van der Waals surface area contributed by atoms with Crippen molar-refractivity contribution in [1.82, 2.24) is 25.3 Å². The van der Waals surface area contributed by atoms with Crippen LogP contribution in [0.5, 0.6) is 0 Å². The van der Waals surface area contributed by atoms with Gasteiger partial charge in [-0.1, -0.05) is 93.1 Å². The van der Waals surface area contributed by atoms with Gasteiger partial charge in [0, 0.05) is 97.1 Å². The smallest absolute Gasteiger partial charge is 0.312 e. The van der Waals surface area contributed by atoms with Gasteiger partial charge in [0.2, 0.25) is 17.7 Å². The molecule has 1 aliphatic heterocycles. The minimum atomic E-state index is -0.743. The number of urea groups is 1. The highest BCUT2D eigenvalue weighted by Crippen LogP contribution is 2.41. The van der Waals surface area contributed by atoms with Crippen molar-refractivity contribution in [3.8, 4) is 22.5 Å². The Labute approximate surface area is 390 Å². The lowest BCUT2D eigenvalue weighted by Crippen LogP contribution is -2.32. The molecule has 6 rings (SSSR count). The quantitative estimate of drug-likeness (QED) is 0.0396. The number of carbonyl (C=O) groups is 7. The number of anilines is 1. The minimum Gasteiger partial charge on any atom is -0.369 e. The molecule has 354 valence electrons. The summed E-state index contributed by atoms with van der Waals surface area (Å²) in [4.78, 5) is 95.9. The summed E-state index contributed by atoms with van der Waals surface area (Å²) in [5, 5.41) is 12.7. The van der Waals surface area contributed by atoms with Crippen molar-refractivity contribution >= 4 is 57.7 Å². The Bertz CT molecular complexity index is 2600. The first kappa shape index (κ1) is 49.5. The van der Waals surface area contributed by atoms with Crippen LogP contribution in [0, 0.1) is 29.6 Å². The fraction of sp³-hybridized carbons (Fsp3) is 0.431. The second kappa shape index (κ2) is 23.0. The summed E-state index contributed by atoms with van der Waals surface area (Å²) >= 11 is 0. The number of fused-ring (bicyclic) bond motifs is 6. The number of hydrogen-bond acceptors (Lipinski definition) is 9. The van der Waals surface area contributed by atoms with E-state index in [1.807, 2.05) is 99.8 Å². The van der Waals surface area contributed by atoms with E-state index in [9.17, 15) is 33.6 Å². The van der Waals surface area contributed by atoms with Gasteiger partial charge < -0.3 is 32.4 Å². The fourth-order valence-corrected chi connectivity index (χ4v) is 8.94. The van der Waals surface area contributed by atoms with E-state index in [0.717, 1.165) is 33.2 Å². The molecule has 5 aromatic rings. The molecule has 3 heterocycles. The number of aromatic nitrogens is 4. The van der Waals surface area contributed by atoms with Gasteiger partial charge in [0.25, 0.3) is 0 Å². The number of ketones is 3. The number of hydrogen-bond donors (Lipinski definition) is 5. The summed E-state index contributed by atoms with van der Waals surface area (Å²) in [6, 6.07) is 22.2. The lowest BCUT2D eigenvalue weighted by Gasteiger charge is -2.29. The topological polar surface area (TPSA) is 259 Å². The van der Waals surface area contributed by atoms with Gasteiger partial charge in [0.05, 0.1) is 17.9 Å². The molecule has 5 amide bonds. The third kappa shape index (κ3) is 12.7. The van der Waals surface area contributed by atoms with Gasteiger partial charge in [-0.2, -0.15) is 0 Å². The average molecular weight is 914 g/mol. The van der Waals surface area contributed by atoms with Gasteiger partial charge >= 0.3 is 6.03 Å². The molecule has 0 aliphatic carbocycles. The molecular formula is C51H63N9O7. The van der Waals surface area contributed by atoms with Crippen LogP contribution in [-0.2, 0) is 48.3 Å². The molecule has 0 spiro atoms. The molecule has 3 aromatic carbocycles. The highest BCUT2D eigenvalue weighted by Gasteiger charge is 2.32. The number of amides is 5. The first-order chi connectivity index (χ1) is 32.1. The summed E-state index contributed by atoms with van der Waals surface area (Å²) < 4.78 is 1.79. The molecule has 0 fully saturated rings. The fourth-order valence-electron chi connectivity index (χ4n) is 8.94. The van der Waals surface area contributed by atoms with E-state index in [1.54, 1.807) is 9.58 Å². The van der Waals surface area contributed by atoms with Crippen molar-refractivity contribution in [2.75, 3.05) is 11.4 Å². The Morgan fingerprint density at radius 3 is 2.13 bits per heavy atom. The van der Waals surface area contributed by atoms with E-state index >= 15 is 0 Å². The number of H-pyrrole nitrogens is 1. The number of primary amides is 3. The zero-order chi connectivity index (χ0) is 48.2. The summed E-state index contributed by atoms with van der Waals surface area (Å²) in [6.45, 7) is 6.64. The predicted molar refractivity (Wildman–Crippen MR) is 256 cm³/mol. The number of unbranched alkanes of at least 4 members (excludes halogenated alkanes) is 1. The molecule has 0 saturated carbocycles. The lowest BCUT2D eigenvalue weighted by molar-refractivity contribution is -0.132. The number of nitrogens with two attached hydrogens (primary N) is 3. The maximum Gasteiger partial charge on any atom is 0.312 e. The molecular weight excluding hydrogens is 851 g/mol. The van der Waals surface area contributed by atoms with Gasteiger partial charge in [0.15, 0.2) is 0 Å². The van der Waals surface area contributed by atoms with Crippen molar-refractivity contribution in [3.63, 3.8) is 0 Å². The molecule has 16 nitrogen and oxygen atoms in total. The van der Waals surface area contributed by atoms with Gasteiger partial charge in [0.1, 0.15) is 23.0 Å². The largest absolute Gasteiger partial charge is 0.369 e. The molecule has 4 unspecified atom stereocenters. The van der Waals surface area contributed by atoms with Crippen LogP contribution in [0.1, 0.15) is 96.1 Å². The van der Waals surface area contributed by atoms with Crippen LogP contribution < -0.4 is 27.4 Å². The van der Waals surface area contributed by atoms with Crippen molar-refractivity contribution < 1.29 is 33.6 Å². The molecule has 67 heavy (non-hydrogen) atoms. The van der Waals surface area contributed by atoms with Crippen LogP contribution in [-0.4, -0.2) is 67.6 Å². The molecule has 0 bridgehead atoms. The van der Waals surface area contributed by atoms with E-state index in [4.69, 9.17) is 17.2 Å². The molecule has 16 heteroatoms. The van der Waals surface area contributed by atoms with E-state index in [0.29, 0.717) is 62.1 Å². The van der Waals surface area contributed by atoms with E-state index in [1.165, 1.54) is 0 Å². The number of carbonyl (C=O) groups excluding carboxylic acids is 7.